The summed E-state index contributed by atoms with van der Waals surface area (Å²) in [5.74, 6) is 1.03. The fourth-order valence-corrected chi connectivity index (χ4v) is 7.91. The summed E-state index contributed by atoms with van der Waals surface area (Å²) >= 11 is 14.1. The number of carbonyl (C=O) groups excluding carboxylic acids is 1. The van der Waals surface area contributed by atoms with Crippen LogP contribution in [0.1, 0.15) is 48.0 Å². The van der Waals surface area contributed by atoms with E-state index in [2.05, 4.69) is 0 Å². The molecule has 0 aliphatic heterocycles. The van der Waals surface area contributed by atoms with E-state index in [9.17, 15) is 9.36 Å². The summed E-state index contributed by atoms with van der Waals surface area (Å²) in [5.41, 5.74) is 8.69. The van der Waals surface area contributed by atoms with Gasteiger partial charge in [-0.15, -0.1) is 0 Å². The lowest BCUT2D eigenvalue weighted by molar-refractivity contribution is 0.145. The molecular formula is C36H36Cl2N3O6PS. The van der Waals surface area contributed by atoms with Gasteiger partial charge >= 0.3 is 13.7 Å². The zero-order valence-electron chi connectivity index (χ0n) is 27.0. The molecule has 0 unspecified atom stereocenters. The van der Waals surface area contributed by atoms with Gasteiger partial charge in [-0.1, -0.05) is 122 Å². The number of primary amides is 1. The van der Waals surface area contributed by atoms with Crippen LogP contribution in [0.15, 0.2) is 113 Å². The van der Waals surface area contributed by atoms with Crippen LogP contribution in [0.4, 0.5) is 4.79 Å². The molecule has 0 bridgehead atoms. The Bertz CT molecular complexity index is 1840. The molecule has 13 heteroatoms. The molecule has 0 saturated carbocycles. The molecule has 5 aromatic rings. The van der Waals surface area contributed by atoms with E-state index in [4.69, 9.17) is 52.4 Å². The van der Waals surface area contributed by atoms with Crippen molar-refractivity contribution in [1.82, 2.24) is 9.55 Å². The molecule has 49 heavy (non-hydrogen) atoms. The van der Waals surface area contributed by atoms with Crippen LogP contribution in [-0.2, 0) is 44.7 Å². The lowest BCUT2D eigenvalue weighted by Gasteiger charge is -2.20. The number of ether oxygens (including phenoxy) is 2. The zero-order valence-corrected chi connectivity index (χ0v) is 30.2. The second-order valence-corrected chi connectivity index (χ2v) is 15.3. The molecule has 1 heterocycles. The third kappa shape index (κ3) is 10.9. The van der Waals surface area contributed by atoms with E-state index in [1.807, 2.05) is 109 Å². The van der Waals surface area contributed by atoms with Gasteiger partial charge in [-0.05, 0) is 52.9 Å². The summed E-state index contributed by atoms with van der Waals surface area (Å²) in [5, 5.41) is 1.84. The average molecular weight is 741 g/mol. The van der Waals surface area contributed by atoms with E-state index in [1.165, 1.54) is 11.8 Å². The minimum Gasteiger partial charge on any atom is -0.481 e. The number of nitrogens with zero attached hydrogens (tertiary/aromatic N) is 2. The van der Waals surface area contributed by atoms with Crippen LogP contribution in [0.3, 0.4) is 0 Å². The Morgan fingerprint density at radius 1 is 0.837 bits per heavy atom. The number of hydrogen-bond acceptors (Lipinski definition) is 8. The van der Waals surface area contributed by atoms with E-state index in [0.29, 0.717) is 28.2 Å². The van der Waals surface area contributed by atoms with Gasteiger partial charge in [-0.2, -0.15) is 0 Å². The molecule has 0 saturated heterocycles. The van der Waals surface area contributed by atoms with Gasteiger partial charge in [-0.3, -0.25) is 4.57 Å². The Morgan fingerprint density at radius 2 is 1.43 bits per heavy atom. The van der Waals surface area contributed by atoms with Gasteiger partial charge in [0.2, 0.25) is 0 Å². The largest absolute Gasteiger partial charge is 0.481 e. The highest BCUT2D eigenvalue weighted by molar-refractivity contribution is 7.99. The third-order valence-electron chi connectivity index (χ3n) is 7.14. The van der Waals surface area contributed by atoms with E-state index in [1.54, 1.807) is 12.1 Å². The summed E-state index contributed by atoms with van der Waals surface area (Å²) in [6.07, 6.45) is -1.20. The molecule has 0 spiro atoms. The molecule has 1 amide bonds. The molecule has 9 nitrogen and oxygen atoms in total. The fourth-order valence-electron chi connectivity index (χ4n) is 4.77. The quantitative estimate of drug-likeness (QED) is 0.0995. The highest BCUT2D eigenvalue weighted by Gasteiger charge is 2.27. The van der Waals surface area contributed by atoms with Crippen molar-refractivity contribution in [1.29, 1.82) is 0 Å². The smallest absolute Gasteiger partial charge is 0.404 e. The number of benzene rings is 4. The van der Waals surface area contributed by atoms with Crippen LogP contribution in [-0.4, -0.2) is 22.0 Å². The molecule has 5 rings (SSSR count). The van der Waals surface area contributed by atoms with Crippen molar-refractivity contribution in [3.05, 3.63) is 141 Å². The number of rotatable bonds is 16. The predicted molar refractivity (Wildman–Crippen MR) is 192 cm³/mol. The molecule has 4 aromatic carbocycles. The molecule has 2 N–H and O–H groups in total. The Morgan fingerprint density at radius 3 is 2.00 bits per heavy atom. The highest BCUT2D eigenvalue weighted by Crippen LogP contribution is 2.50. The van der Waals surface area contributed by atoms with E-state index in [-0.39, 0.29) is 32.1 Å². The minimum atomic E-state index is -3.71. The van der Waals surface area contributed by atoms with Gasteiger partial charge in [0.05, 0.1) is 25.5 Å². The number of amides is 1. The van der Waals surface area contributed by atoms with Crippen LogP contribution in [0.5, 0.6) is 5.75 Å². The fraction of sp³-hybridized carbons (Fsp3) is 0.222. The third-order valence-corrected chi connectivity index (χ3v) is 10.2. The lowest BCUT2D eigenvalue weighted by Crippen LogP contribution is -2.15. The Balaban J connectivity index is 1.39. The normalized spacial score (nSPS) is 11.5. The van der Waals surface area contributed by atoms with Gasteiger partial charge in [0.25, 0.3) is 0 Å². The molecule has 0 radical (unpaired) electrons. The number of nitrogens with two attached hydrogens (primary N) is 1. The summed E-state index contributed by atoms with van der Waals surface area (Å²) in [6, 6.07) is 31.6. The van der Waals surface area contributed by atoms with Gasteiger partial charge < -0.3 is 28.8 Å². The van der Waals surface area contributed by atoms with E-state index >= 15 is 0 Å². The van der Waals surface area contributed by atoms with Crippen LogP contribution in [0.25, 0.3) is 0 Å². The van der Waals surface area contributed by atoms with Crippen LogP contribution < -0.4 is 10.5 Å². The molecule has 0 atom stereocenters. The van der Waals surface area contributed by atoms with Gasteiger partial charge in [0.15, 0.2) is 13.0 Å². The maximum atomic E-state index is 14.0. The second kappa shape index (κ2) is 17.3. The van der Waals surface area contributed by atoms with Crippen LogP contribution >= 0.6 is 42.6 Å². The number of imidazole rings is 1. The van der Waals surface area contributed by atoms with Crippen LogP contribution in [0, 0.1) is 0 Å². The SMILES string of the molecule is CC(C)c1nc(COC(N)=O)n(Cc2cccc(OCP(=O)(OCc3ccccc3)OCc3ccccc3)c2)c1Sc1cc(Cl)cc(Cl)c1. The summed E-state index contributed by atoms with van der Waals surface area (Å²) in [7, 11) is -3.71. The Hall–Kier alpha value is -3.76. The maximum Gasteiger partial charge on any atom is 0.404 e. The van der Waals surface area contributed by atoms with E-state index < -0.39 is 13.7 Å². The molecule has 0 aliphatic carbocycles. The Labute approximate surface area is 300 Å². The Kier molecular flexibility index (Phi) is 12.9. The molecule has 1 aromatic heterocycles. The number of carbonyl (C=O) groups is 1. The molecule has 256 valence electrons. The van der Waals surface area contributed by atoms with Crippen molar-refractivity contribution >= 4 is 48.7 Å². The minimum absolute atomic E-state index is 0.0429. The summed E-state index contributed by atoms with van der Waals surface area (Å²) in [6.45, 7) is 4.49. The van der Waals surface area contributed by atoms with Crippen molar-refractivity contribution in [2.24, 2.45) is 5.73 Å². The van der Waals surface area contributed by atoms with Crippen molar-refractivity contribution in [3.8, 4) is 5.75 Å². The molecule has 0 fully saturated rings. The number of aromatic nitrogens is 2. The first-order chi connectivity index (χ1) is 23.6. The first kappa shape index (κ1) is 36.5. The topological polar surface area (TPSA) is 115 Å². The van der Waals surface area contributed by atoms with Crippen molar-refractivity contribution < 1.29 is 27.9 Å². The number of halogens is 2. The van der Waals surface area contributed by atoms with Crippen molar-refractivity contribution in [2.45, 2.75) is 56.1 Å². The average Bonchev–Trinajstić information content (AvgIpc) is 3.42. The van der Waals surface area contributed by atoms with E-state index in [0.717, 1.165) is 32.3 Å². The number of hydrogen-bond donors (Lipinski definition) is 1. The highest BCUT2D eigenvalue weighted by atomic mass is 35.5. The van der Waals surface area contributed by atoms with Crippen molar-refractivity contribution in [2.75, 3.05) is 6.35 Å². The summed E-state index contributed by atoms with van der Waals surface area (Å²) in [4.78, 5) is 17.2. The predicted octanol–water partition coefficient (Wildman–Crippen LogP) is 10.1. The van der Waals surface area contributed by atoms with Crippen molar-refractivity contribution in [3.63, 3.8) is 0 Å². The monoisotopic (exact) mass is 739 g/mol. The summed E-state index contributed by atoms with van der Waals surface area (Å²) < 4.78 is 38.9. The molecule has 0 aliphatic rings. The standard InChI is InChI=1S/C36H36Cl2N3O6PS/c1-25(2)34-35(49-32-18-29(37)17-30(38)19-32)41(33(40-34)23-44-36(39)42)20-28-14-9-15-31(16-28)45-24-48(43,46-21-26-10-5-3-6-11-26)47-22-27-12-7-4-8-13-27/h3-19,25H,20-24H2,1-2H3,(H2,39,42). The second-order valence-electron chi connectivity index (χ2n) is 11.3. The van der Waals surface area contributed by atoms with Gasteiger partial charge in [0.1, 0.15) is 16.6 Å². The zero-order chi connectivity index (χ0) is 34.8. The van der Waals surface area contributed by atoms with Gasteiger partial charge in [0, 0.05) is 14.9 Å². The first-order valence-electron chi connectivity index (χ1n) is 15.4. The first-order valence-corrected chi connectivity index (χ1v) is 18.7. The molecular weight excluding hydrogens is 704 g/mol. The van der Waals surface area contributed by atoms with Gasteiger partial charge in [-0.25, -0.2) is 9.78 Å². The van der Waals surface area contributed by atoms with Crippen LogP contribution in [0.2, 0.25) is 10.0 Å². The lowest BCUT2D eigenvalue weighted by atomic mass is 10.1. The maximum absolute atomic E-state index is 14.0.